The molecule has 6 nitrogen and oxygen atoms in total. The lowest BCUT2D eigenvalue weighted by molar-refractivity contribution is -0.133. The highest BCUT2D eigenvalue weighted by Crippen LogP contribution is 2.36. The summed E-state index contributed by atoms with van der Waals surface area (Å²) in [6, 6.07) is 4.05. The third-order valence-electron chi connectivity index (χ3n) is 6.19. The van der Waals surface area contributed by atoms with Crippen LogP contribution in [-0.2, 0) is 24.1 Å². The molecule has 29 heavy (non-hydrogen) atoms. The van der Waals surface area contributed by atoms with Crippen molar-refractivity contribution in [1.82, 2.24) is 25.3 Å². The second-order valence-corrected chi connectivity index (χ2v) is 8.69. The number of carbonyl (C=O) groups excluding carboxylic acids is 1. The van der Waals surface area contributed by atoms with Crippen LogP contribution in [0.2, 0.25) is 10.0 Å². The van der Waals surface area contributed by atoms with Gasteiger partial charge in [-0.1, -0.05) is 23.2 Å². The van der Waals surface area contributed by atoms with Crippen LogP contribution in [0.3, 0.4) is 0 Å². The van der Waals surface area contributed by atoms with Crippen LogP contribution < -0.4 is 0 Å². The summed E-state index contributed by atoms with van der Waals surface area (Å²) in [5.41, 5.74) is 5.06. The number of likely N-dealkylation sites (tertiary alicyclic amines) is 1. The third kappa shape index (κ3) is 3.45. The normalized spacial score (nSPS) is 21.6. The lowest BCUT2D eigenvalue weighted by Gasteiger charge is -2.31. The van der Waals surface area contributed by atoms with E-state index in [4.69, 9.17) is 23.2 Å². The summed E-state index contributed by atoms with van der Waals surface area (Å²) in [4.78, 5) is 15.2. The summed E-state index contributed by atoms with van der Waals surface area (Å²) in [7, 11) is 0. The van der Waals surface area contributed by atoms with Crippen LogP contribution in [0.1, 0.15) is 29.7 Å². The van der Waals surface area contributed by atoms with Gasteiger partial charge < -0.3 is 4.90 Å². The SMILES string of the molecule is O=C1[C@H](Cc2c(Cl)cc(-c3cn[nH]c3)cc2Cl)CCN1[C@H]1CCc2n[nH]cc2C1. The molecule has 2 atom stereocenters. The summed E-state index contributed by atoms with van der Waals surface area (Å²) < 4.78 is 0. The third-order valence-corrected chi connectivity index (χ3v) is 6.87. The van der Waals surface area contributed by atoms with Crippen LogP contribution in [0, 0.1) is 5.92 Å². The molecule has 150 valence electrons. The van der Waals surface area contributed by atoms with Crippen LogP contribution in [0.5, 0.6) is 0 Å². The number of fused-ring (bicyclic) bond motifs is 1. The van der Waals surface area contributed by atoms with Gasteiger partial charge >= 0.3 is 0 Å². The zero-order valence-corrected chi connectivity index (χ0v) is 17.3. The Balaban J connectivity index is 1.31. The molecule has 2 aromatic heterocycles. The molecular formula is C21H21Cl2N5O. The molecule has 5 rings (SSSR count). The number of hydrogen-bond donors (Lipinski definition) is 2. The largest absolute Gasteiger partial charge is 0.339 e. The summed E-state index contributed by atoms with van der Waals surface area (Å²) in [5, 5.41) is 15.2. The first-order chi connectivity index (χ1) is 14.1. The molecule has 0 saturated carbocycles. The molecule has 3 heterocycles. The van der Waals surface area contributed by atoms with E-state index in [-0.39, 0.29) is 17.9 Å². The number of aromatic amines is 2. The molecule has 8 heteroatoms. The molecule has 1 aliphatic heterocycles. The fourth-order valence-electron chi connectivity index (χ4n) is 4.60. The fourth-order valence-corrected chi connectivity index (χ4v) is 5.24. The van der Waals surface area contributed by atoms with Gasteiger partial charge in [0.05, 0.1) is 11.9 Å². The maximum absolute atomic E-state index is 13.1. The van der Waals surface area contributed by atoms with Gasteiger partial charge in [0, 0.05) is 46.5 Å². The van der Waals surface area contributed by atoms with Gasteiger partial charge in [0.15, 0.2) is 0 Å². The van der Waals surface area contributed by atoms with E-state index in [1.165, 1.54) is 5.56 Å². The fraction of sp³-hybridized carbons (Fsp3) is 0.381. The summed E-state index contributed by atoms with van der Waals surface area (Å²) in [6.45, 7) is 0.795. The Kier molecular flexibility index (Phi) is 4.84. The standard InChI is InChI=1S/C21H21Cl2N5O/c22-18-7-13(15-10-24-25-11-15)8-19(23)17(18)6-12-3-4-28(21(12)29)16-1-2-20-14(5-16)9-26-27-20/h7-12,16H,1-6H2,(H,24,25)(H,26,27)/t12-,16-/m0/s1. The molecule has 1 amide bonds. The van der Waals surface area contributed by atoms with Crippen molar-refractivity contribution in [3.8, 4) is 11.1 Å². The molecule has 2 aliphatic rings. The minimum Gasteiger partial charge on any atom is -0.339 e. The number of aryl methyl sites for hydroxylation is 1. The number of hydrogen-bond acceptors (Lipinski definition) is 3. The summed E-state index contributed by atoms with van der Waals surface area (Å²) in [6.07, 6.45) is 9.67. The van der Waals surface area contributed by atoms with Gasteiger partial charge in [0.2, 0.25) is 5.91 Å². The van der Waals surface area contributed by atoms with Crippen molar-refractivity contribution in [2.75, 3.05) is 6.54 Å². The van der Waals surface area contributed by atoms with E-state index in [2.05, 4.69) is 25.3 Å². The summed E-state index contributed by atoms with van der Waals surface area (Å²) in [5.74, 6) is 0.142. The maximum atomic E-state index is 13.1. The van der Waals surface area contributed by atoms with Crippen molar-refractivity contribution in [3.63, 3.8) is 0 Å². The van der Waals surface area contributed by atoms with Crippen molar-refractivity contribution in [2.45, 2.75) is 38.1 Å². The number of halogens is 2. The average Bonchev–Trinajstić information content (AvgIpc) is 3.45. The minimum absolute atomic E-state index is 0.0736. The van der Waals surface area contributed by atoms with E-state index in [9.17, 15) is 4.79 Å². The number of nitrogens with one attached hydrogen (secondary N) is 2. The van der Waals surface area contributed by atoms with E-state index < -0.39 is 0 Å². The Morgan fingerprint density at radius 2 is 1.93 bits per heavy atom. The van der Waals surface area contributed by atoms with Crippen LogP contribution in [0.25, 0.3) is 11.1 Å². The highest BCUT2D eigenvalue weighted by molar-refractivity contribution is 6.36. The second kappa shape index (κ2) is 7.50. The molecule has 2 N–H and O–H groups in total. The summed E-state index contributed by atoms with van der Waals surface area (Å²) >= 11 is 13.1. The van der Waals surface area contributed by atoms with Crippen LogP contribution in [0.4, 0.5) is 0 Å². The smallest absolute Gasteiger partial charge is 0.226 e. The molecule has 0 spiro atoms. The molecule has 1 aliphatic carbocycles. The molecule has 3 aromatic rings. The number of H-pyrrole nitrogens is 2. The van der Waals surface area contributed by atoms with Gasteiger partial charge in [0.25, 0.3) is 0 Å². The quantitative estimate of drug-likeness (QED) is 0.656. The number of carbonyl (C=O) groups is 1. The van der Waals surface area contributed by atoms with Crippen LogP contribution in [-0.4, -0.2) is 43.8 Å². The Morgan fingerprint density at radius 3 is 2.69 bits per heavy atom. The van der Waals surface area contributed by atoms with Crippen molar-refractivity contribution in [3.05, 3.63) is 57.6 Å². The Morgan fingerprint density at radius 1 is 1.10 bits per heavy atom. The molecule has 0 radical (unpaired) electrons. The zero-order valence-electron chi connectivity index (χ0n) is 15.8. The minimum atomic E-state index is -0.0736. The highest BCUT2D eigenvalue weighted by Gasteiger charge is 2.38. The monoisotopic (exact) mass is 429 g/mol. The predicted octanol–water partition coefficient (Wildman–Crippen LogP) is 4.06. The van der Waals surface area contributed by atoms with Gasteiger partial charge in [-0.05, 0) is 60.9 Å². The molecule has 1 aromatic carbocycles. The topological polar surface area (TPSA) is 77.7 Å². The second-order valence-electron chi connectivity index (χ2n) is 7.88. The number of benzene rings is 1. The van der Waals surface area contributed by atoms with Gasteiger partial charge in [-0.3, -0.25) is 15.0 Å². The highest BCUT2D eigenvalue weighted by atomic mass is 35.5. The number of rotatable bonds is 4. The number of nitrogens with zero attached hydrogens (tertiary/aromatic N) is 3. The Hall–Kier alpha value is -2.31. The van der Waals surface area contributed by atoms with Gasteiger partial charge in [-0.2, -0.15) is 10.2 Å². The first-order valence-electron chi connectivity index (χ1n) is 9.89. The number of amides is 1. The molecule has 1 saturated heterocycles. The predicted molar refractivity (Wildman–Crippen MR) is 112 cm³/mol. The lowest BCUT2D eigenvalue weighted by atomic mass is 9.92. The van der Waals surface area contributed by atoms with Crippen molar-refractivity contribution in [2.24, 2.45) is 5.92 Å². The Labute approximate surface area is 178 Å². The lowest BCUT2D eigenvalue weighted by Crippen LogP contribution is -2.41. The van der Waals surface area contributed by atoms with E-state index in [0.29, 0.717) is 16.5 Å². The van der Waals surface area contributed by atoms with Crippen LogP contribution in [0.15, 0.2) is 30.7 Å². The zero-order chi connectivity index (χ0) is 20.0. The molecule has 0 bridgehead atoms. The molecular weight excluding hydrogens is 409 g/mol. The van der Waals surface area contributed by atoms with Crippen molar-refractivity contribution < 1.29 is 4.79 Å². The van der Waals surface area contributed by atoms with E-state index in [1.54, 1.807) is 12.4 Å². The van der Waals surface area contributed by atoms with Crippen LogP contribution >= 0.6 is 23.2 Å². The first-order valence-corrected chi connectivity index (χ1v) is 10.6. The number of aromatic nitrogens is 4. The van der Waals surface area contributed by atoms with Crippen molar-refractivity contribution in [1.29, 1.82) is 0 Å². The van der Waals surface area contributed by atoms with Gasteiger partial charge in [0.1, 0.15) is 0 Å². The first kappa shape index (κ1) is 18.7. The average molecular weight is 430 g/mol. The Bertz CT molecular complexity index is 1020. The van der Waals surface area contributed by atoms with Gasteiger partial charge in [-0.15, -0.1) is 0 Å². The molecule has 0 unspecified atom stereocenters. The maximum Gasteiger partial charge on any atom is 0.226 e. The van der Waals surface area contributed by atoms with E-state index >= 15 is 0 Å². The van der Waals surface area contributed by atoms with Gasteiger partial charge in [-0.25, -0.2) is 0 Å². The van der Waals surface area contributed by atoms with Crippen molar-refractivity contribution >= 4 is 29.1 Å². The van der Waals surface area contributed by atoms with E-state index in [1.807, 2.05) is 18.3 Å². The molecule has 1 fully saturated rings. The van der Waals surface area contributed by atoms with E-state index in [0.717, 1.165) is 54.6 Å².